The highest BCUT2D eigenvalue weighted by Crippen LogP contribution is 2.52. The van der Waals surface area contributed by atoms with E-state index in [1.807, 2.05) is 0 Å². The number of aliphatic hydroxyl groups is 4. The normalized spacial score (nSPS) is 35.7. The van der Waals surface area contributed by atoms with Crippen LogP contribution in [0.3, 0.4) is 0 Å². The zero-order valence-electron chi connectivity index (χ0n) is 25.2. The first-order chi connectivity index (χ1) is 21.7. The molecule has 8 N–H and O–H groups in total. The fourth-order valence-electron chi connectivity index (χ4n) is 7.00. The van der Waals surface area contributed by atoms with Crippen LogP contribution in [0.4, 0.5) is 0 Å². The van der Waals surface area contributed by atoms with E-state index in [-0.39, 0.29) is 35.1 Å². The van der Waals surface area contributed by atoms with Gasteiger partial charge >= 0.3 is 0 Å². The number of phenolic OH excluding ortho intramolecular Hbond substituents is 2. The van der Waals surface area contributed by atoms with Crippen LogP contribution in [0.2, 0.25) is 0 Å². The monoisotopic (exact) mass is 643 g/mol. The molecule has 6 rings (SSSR count). The number of carbonyl (C=O) groups excluding carboxylic acids is 3. The maximum Gasteiger partial charge on any atom is 0.198 e. The number of fused-ring (bicyclic) bond motifs is 3. The molecule has 2 fully saturated rings. The fraction of sp³-hybridized carbons (Fsp3) is 0.531. The van der Waals surface area contributed by atoms with Crippen LogP contribution in [0, 0.1) is 0 Å². The number of hydrogen-bond donors (Lipinski definition) is 7. The highest BCUT2D eigenvalue weighted by molar-refractivity contribution is 6.30. The standard InChI is InChI=1S/C32H37NO13/c1-12-26(37)17(33)7-21(43-12)46-31-13(2)44-22(8-18(31)35)45-19-10-32(42,20(36)11-34)9-16-23(19)30(41)25-24(29(16)40)27(38)14-5-3-4-6-15(14)28(25)39/h3-6,12-13,17-19,21-22,26,31,34-35,37,40-42H,7-11,33H2,1-2H3/t12-,13-,17+,18+,19-,21-,22-,26+,31+,32-/m0/s1. The molecule has 2 aliphatic heterocycles. The van der Waals surface area contributed by atoms with Gasteiger partial charge in [-0.1, -0.05) is 24.3 Å². The van der Waals surface area contributed by atoms with E-state index in [2.05, 4.69) is 0 Å². The molecule has 4 aliphatic rings. The predicted octanol–water partition coefficient (Wildman–Crippen LogP) is -0.126. The Labute approximate surface area is 263 Å². The van der Waals surface area contributed by atoms with Crippen LogP contribution in [0.15, 0.2) is 24.3 Å². The minimum atomic E-state index is -2.28. The molecule has 14 heteroatoms. The number of nitrogens with two attached hydrogens (primary N) is 1. The summed E-state index contributed by atoms with van der Waals surface area (Å²) in [5.41, 5.74) is 2.51. The summed E-state index contributed by atoms with van der Waals surface area (Å²) < 4.78 is 23.8. The van der Waals surface area contributed by atoms with Crippen LogP contribution < -0.4 is 5.73 Å². The van der Waals surface area contributed by atoms with E-state index in [9.17, 15) is 45.0 Å². The molecule has 2 heterocycles. The Morgan fingerprint density at radius 1 is 0.957 bits per heavy atom. The molecule has 0 radical (unpaired) electrons. The summed E-state index contributed by atoms with van der Waals surface area (Å²) in [4.78, 5) is 39.7. The van der Waals surface area contributed by atoms with Crippen molar-refractivity contribution in [2.45, 2.75) is 100 Å². The number of phenols is 2. The molecule has 46 heavy (non-hydrogen) atoms. The van der Waals surface area contributed by atoms with Crippen molar-refractivity contribution in [1.82, 2.24) is 0 Å². The number of hydrogen-bond acceptors (Lipinski definition) is 14. The van der Waals surface area contributed by atoms with Crippen LogP contribution in [0.1, 0.15) is 82.2 Å². The van der Waals surface area contributed by atoms with Gasteiger partial charge in [0, 0.05) is 54.0 Å². The summed E-state index contributed by atoms with van der Waals surface area (Å²) in [6.45, 7) is 2.23. The molecule has 0 aromatic heterocycles. The molecule has 2 saturated heterocycles. The number of ether oxygens (including phenoxy) is 4. The molecule has 0 unspecified atom stereocenters. The number of benzene rings is 2. The molecule has 2 aliphatic carbocycles. The molecule has 14 nitrogen and oxygen atoms in total. The highest BCUT2D eigenvalue weighted by atomic mass is 16.7. The summed E-state index contributed by atoms with van der Waals surface area (Å²) in [6, 6.07) is 5.34. The van der Waals surface area contributed by atoms with Crippen molar-refractivity contribution in [3.8, 4) is 11.5 Å². The summed E-state index contributed by atoms with van der Waals surface area (Å²) in [7, 11) is 0. The maximum absolute atomic E-state index is 13.5. The Balaban J connectivity index is 1.31. The first-order valence-corrected chi connectivity index (χ1v) is 15.1. The van der Waals surface area contributed by atoms with Crippen molar-refractivity contribution in [2.24, 2.45) is 5.73 Å². The van der Waals surface area contributed by atoms with Crippen molar-refractivity contribution in [2.75, 3.05) is 6.61 Å². The van der Waals surface area contributed by atoms with Crippen LogP contribution in [-0.4, -0.2) is 109 Å². The number of Topliss-reactive ketones (excluding diaryl/α,β-unsaturated/α-hetero) is 1. The molecular weight excluding hydrogens is 606 g/mol. The van der Waals surface area contributed by atoms with Crippen LogP contribution in [0.25, 0.3) is 0 Å². The summed E-state index contributed by atoms with van der Waals surface area (Å²) in [5.74, 6) is -3.80. The SMILES string of the molecule is C[C@@H]1O[C@@H](O[C@H]2[C@H](O)C[C@H](O[C@H]3C[C@](O)(C(=O)CO)Cc4c(O)c5c(c(O)c43)C(=O)c3ccccc3C5=O)O[C@H]2C)C[C@@H](N)[C@@H]1O. The van der Waals surface area contributed by atoms with Gasteiger partial charge in [0.2, 0.25) is 0 Å². The van der Waals surface area contributed by atoms with Gasteiger partial charge in [-0.15, -0.1) is 0 Å². The van der Waals surface area contributed by atoms with E-state index in [4.69, 9.17) is 24.7 Å². The third-order valence-electron chi connectivity index (χ3n) is 9.45. The van der Waals surface area contributed by atoms with Crippen molar-refractivity contribution in [1.29, 1.82) is 0 Å². The predicted molar refractivity (Wildman–Crippen MR) is 155 cm³/mol. The molecule has 248 valence electrons. The van der Waals surface area contributed by atoms with E-state index in [1.54, 1.807) is 26.0 Å². The van der Waals surface area contributed by atoms with Gasteiger partial charge in [0.05, 0.1) is 41.6 Å². The molecule has 0 amide bonds. The van der Waals surface area contributed by atoms with Gasteiger partial charge in [0.25, 0.3) is 0 Å². The third kappa shape index (κ3) is 5.33. The van der Waals surface area contributed by atoms with Crippen molar-refractivity contribution in [3.63, 3.8) is 0 Å². The van der Waals surface area contributed by atoms with Gasteiger partial charge in [-0.2, -0.15) is 0 Å². The molecule has 10 atom stereocenters. The van der Waals surface area contributed by atoms with E-state index >= 15 is 0 Å². The van der Waals surface area contributed by atoms with Gasteiger partial charge in [0.1, 0.15) is 29.8 Å². The van der Waals surface area contributed by atoms with Gasteiger partial charge < -0.3 is 55.3 Å². The minimum Gasteiger partial charge on any atom is -0.507 e. The van der Waals surface area contributed by atoms with Crippen molar-refractivity contribution in [3.05, 3.63) is 57.6 Å². The lowest BCUT2D eigenvalue weighted by Gasteiger charge is -2.44. The first kappa shape index (κ1) is 32.6. The van der Waals surface area contributed by atoms with Gasteiger partial charge in [0.15, 0.2) is 29.9 Å². The number of aliphatic hydroxyl groups excluding tert-OH is 3. The van der Waals surface area contributed by atoms with Gasteiger partial charge in [-0.25, -0.2) is 0 Å². The number of aromatic hydroxyl groups is 2. The second kappa shape index (κ2) is 12.0. The zero-order valence-corrected chi connectivity index (χ0v) is 25.2. The zero-order chi connectivity index (χ0) is 33.2. The molecular formula is C32H37NO13. The quantitative estimate of drug-likeness (QED) is 0.173. The van der Waals surface area contributed by atoms with Crippen LogP contribution in [0.5, 0.6) is 11.5 Å². The Bertz CT molecular complexity index is 1550. The van der Waals surface area contributed by atoms with Gasteiger partial charge in [-0.3, -0.25) is 14.4 Å². The Kier molecular flexibility index (Phi) is 8.54. The summed E-state index contributed by atoms with van der Waals surface area (Å²) in [6.07, 6.45) is -8.83. The first-order valence-electron chi connectivity index (χ1n) is 15.1. The van der Waals surface area contributed by atoms with Crippen LogP contribution >= 0.6 is 0 Å². The summed E-state index contributed by atoms with van der Waals surface area (Å²) in [5, 5.41) is 65.1. The molecule has 0 bridgehead atoms. The second-order valence-corrected chi connectivity index (χ2v) is 12.5. The van der Waals surface area contributed by atoms with E-state index in [0.717, 1.165) is 0 Å². The molecule has 0 saturated carbocycles. The van der Waals surface area contributed by atoms with Crippen LogP contribution in [-0.2, 0) is 30.2 Å². The lowest BCUT2D eigenvalue weighted by molar-refractivity contribution is -0.311. The van der Waals surface area contributed by atoms with Crippen molar-refractivity contribution < 1.29 is 64.0 Å². The Hall–Kier alpha value is -3.31. The minimum absolute atomic E-state index is 0.0153. The smallest absolute Gasteiger partial charge is 0.198 e. The molecule has 2 aromatic carbocycles. The lowest BCUT2D eigenvalue weighted by atomic mass is 9.72. The largest absolute Gasteiger partial charge is 0.507 e. The number of rotatable bonds is 6. The Morgan fingerprint density at radius 3 is 2.13 bits per heavy atom. The van der Waals surface area contributed by atoms with E-state index in [1.165, 1.54) is 12.1 Å². The summed E-state index contributed by atoms with van der Waals surface area (Å²) >= 11 is 0. The highest BCUT2D eigenvalue weighted by Gasteiger charge is 2.50. The van der Waals surface area contributed by atoms with Gasteiger partial charge in [-0.05, 0) is 13.8 Å². The third-order valence-corrected chi connectivity index (χ3v) is 9.45. The van der Waals surface area contributed by atoms with Crippen molar-refractivity contribution >= 4 is 17.3 Å². The topological polar surface area (TPSA) is 236 Å². The average molecular weight is 644 g/mol. The fourth-order valence-corrected chi connectivity index (χ4v) is 7.00. The number of carbonyl (C=O) groups is 3. The lowest BCUT2D eigenvalue weighted by Crippen LogP contribution is -2.56. The molecule has 0 spiro atoms. The second-order valence-electron chi connectivity index (χ2n) is 12.5. The van der Waals surface area contributed by atoms with E-state index < -0.39 is 120 Å². The molecule has 2 aromatic rings. The Morgan fingerprint density at radius 2 is 1.54 bits per heavy atom. The number of ketones is 3. The van der Waals surface area contributed by atoms with E-state index in [0.29, 0.717) is 0 Å². The average Bonchev–Trinajstić information content (AvgIpc) is 3.01. The maximum atomic E-state index is 13.5.